The third-order valence-electron chi connectivity index (χ3n) is 2.29. The first kappa shape index (κ1) is 14.0. The Morgan fingerprint density at radius 3 is 2.08 bits per heavy atom. The Morgan fingerprint density at radius 1 is 1.00 bits per heavy atom. The zero-order valence-corrected chi connectivity index (χ0v) is 11.6. The molecule has 0 N–H and O–H groups in total. The topological polar surface area (TPSA) is 0 Å². The van der Waals surface area contributed by atoms with E-state index >= 15 is 0 Å². The van der Waals surface area contributed by atoms with Crippen LogP contribution in [-0.4, -0.2) is 9.80 Å². The van der Waals surface area contributed by atoms with E-state index in [-0.39, 0.29) is 0 Å². The first-order valence-corrected chi connectivity index (χ1v) is 7.47. The lowest BCUT2D eigenvalue weighted by molar-refractivity contribution is 0.575. The zero-order valence-electron chi connectivity index (χ0n) is 8.70. The van der Waals surface area contributed by atoms with Crippen LogP contribution in [-0.2, 0) is 0 Å². The fourth-order valence-electron chi connectivity index (χ4n) is 1.40. The first-order valence-electron chi connectivity index (χ1n) is 5.51. The molecule has 0 aliphatic carbocycles. The van der Waals surface area contributed by atoms with E-state index in [9.17, 15) is 0 Å². The van der Waals surface area contributed by atoms with Gasteiger partial charge in [0.25, 0.3) is 0 Å². The highest BCUT2D eigenvalue weighted by Crippen LogP contribution is 2.13. The fourth-order valence-corrected chi connectivity index (χ4v) is 1.99. The van der Waals surface area contributed by atoms with Gasteiger partial charge in [-0.25, -0.2) is 0 Å². The normalized spacial score (nSPS) is 13.2. The van der Waals surface area contributed by atoms with Crippen molar-refractivity contribution in [2.45, 2.75) is 63.7 Å². The predicted molar refractivity (Wildman–Crippen MR) is 71.1 cm³/mol. The van der Waals surface area contributed by atoms with Crippen LogP contribution in [0.4, 0.5) is 0 Å². The van der Waals surface area contributed by atoms with Crippen molar-refractivity contribution >= 4 is 34.2 Å². The summed E-state index contributed by atoms with van der Waals surface area (Å²) in [5.74, 6) is 0. The van der Waals surface area contributed by atoms with Crippen molar-refractivity contribution in [1.82, 2.24) is 0 Å². The molecule has 0 heterocycles. The molecule has 0 bridgehead atoms. The van der Waals surface area contributed by atoms with Gasteiger partial charge in [-0.2, -0.15) is 0 Å². The maximum Gasteiger partial charge on any atom is 0.0425 e. The Morgan fingerprint density at radius 2 is 1.54 bits per heavy atom. The summed E-state index contributed by atoms with van der Waals surface area (Å²) in [4.78, 5) is 0. The Balaban J connectivity index is 2.91. The second-order valence-electron chi connectivity index (χ2n) is 3.66. The molecular formula is C11H22ClI. The second-order valence-corrected chi connectivity index (χ2v) is 5.16. The van der Waals surface area contributed by atoms with Crippen molar-refractivity contribution in [2.24, 2.45) is 0 Å². The smallest absolute Gasteiger partial charge is 0.0425 e. The molecule has 0 amide bonds. The molecule has 13 heavy (non-hydrogen) atoms. The highest BCUT2D eigenvalue weighted by Gasteiger charge is 2.00. The molecule has 0 aliphatic heterocycles. The number of halogens is 2. The van der Waals surface area contributed by atoms with Gasteiger partial charge in [-0.15, -0.1) is 11.6 Å². The lowest BCUT2D eigenvalue weighted by Crippen LogP contribution is -1.98. The predicted octanol–water partition coefficient (Wildman–Crippen LogP) is 5.17. The molecule has 0 spiro atoms. The molecule has 0 aromatic rings. The minimum atomic E-state index is 0.413. The summed E-state index contributed by atoms with van der Waals surface area (Å²) >= 11 is 8.38. The molecule has 0 nitrogen and oxygen atoms in total. The van der Waals surface area contributed by atoms with Crippen LogP contribution in [0.15, 0.2) is 0 Å². The van der Waals surface area contributed by atoms with Crippen LogP contribution in [0.5, 0.6) is 0 Å². The lowest BCUT2D eigenvalue weighted by atomic mass is 10.1. The molecule has 0 rings (SSSR count). The summed E-state index contributed by atoms with van der Waals surface area (Å²) in [7, 11) is 0. The van der Waals surface area contributed by atoms with E-state index in [2.05, 4.69) is 29.5 Å². The molecule has 0 saturated carbocycles. The van der Waals surface area contributed by atoms with Gasteiger partial charge in [0.15, 0.2) is 0 Å². The average molecular weight is 317 g/mol. The van der Waals surface area contributed by atoms with E-state index in [1.54, 1.807) is 0 Å². The molecule has 0 radical (unpaired) electrons. The average Bonchev–Trinajstić information content (AvgIpc) is 2.16. The van der Waals surface area contributed by atoms with Crippen molar-refractivity contribution < 1.29 is 0 Å². The summed E-state index contributed by atoms with van der Waals surface area (Å²) < 4.78 is 1.09. The third-order valence-corrected chi connectivity index (χ3v) is 4.24. The van der Waals surface area contributed by atoms with Gasteiger partial charge < -0.3 is 0 Å². The van der Waals surface area contributed by atoms with Crippen molar-refractivity contribution in [3.63, 3.8) is 0 Å². The highest BCUT2D eigenvalue weighted by molar-refractivity contribution is 14.1. The number of rotatable bonds is 9. The van der Waals surface area contributed by atoms with Crippen LogP contribution in [0.1, 0.15) is 58.3 Å². The van der Waals surface area contributed by atoms with Crippen molar-refractivity contribution in [3.05, 3.63) is 0 Å². The van der Waals surface area contributed by atoms with Gasteiger partial charge in [0.1, 0.15) is 0 Å². The third kappa shape index (κ3) is 10.9. The van der Waals surface area contributed by atoms with Crippen LogP contribution >= 0.6 is 34.2 Å². The van der Waals surface area contributed by atoms with E-state index in [1.807, 2.05) is 0 Å². The number of alkyl halides is 2. The zero-order chi connectivity index (χ0) is 9.94. The Kier molecular flexibility index (Phi) is 12.0. The lowest BCUT2D eigenvalue weighted by Gasteiger charge is -2.04. The molecular weight excluding hydrogens is 294 g/mol. The molecule has 80 valence electrons. The largest absolute Gasteiger partial charge is 0.122 e. The molecule has 0 aromatic heterocycles. The van der Waals surface area contributed by atoms with E-state index in [0.29, 0.717) is 5.38 Å². The maximum absolute atomic E-state index is 6.02. The van der Waals surface area contributed by atoms with Gasteiger partial charge >= 0.3 is 0 Å². The minimum absolute atomic E-state index is 0.413. The van der Waals surface area contributed by atoms with Crippen molar-refractivity contribution in [2.75, 3.05) is 4.43 Å². The van der Waals surface area contributed by atoms with E-state index in [0.717, 1.165) is 4.43 Å². The maximum atomic E-state index is 6.02. The first-order chi connectivity index (χ1) is 6.31. The van der Waals surface area contributed by atoms with Gasteiger partial charge in [0.2, 0.25) is 0 Å². The molecule has 0 saturated heterocycles. The Labute approximate surface area is 102 Å². The summed E-state index contributed by atoms with van der Waals surface area (Å²) in [5.41, 5.74) is 0. The van der Waals surface area contributed by atoms with Gasteiger partial charge in [-0.1, -0.05) is 74.5 Å². The molecule has 1 atom stereocenters. The van der Waals surface area contributed by atoms with E-state index < -0.39 is 0 Å². The number of hydrogen-bond donors (Lipinski definition) is 0. The van der Waals surface area contributed by atoms with Crippen LogP contribution in [0.2, 0.25) is 0 Å². The molecule has 0 fully saturated rings. The molecule has 0 aliphatic rings. The fraction of sp³-hybridized carbons (Fsp3) is 1.00. The monoisotopic (exact) mass is 316 g/mol. The Bertz CT molecular complexity index is 96.1. The quantitative estimate of drug-likeness (QED) is 0.313. The van der Waals surface area contributed by atoms with Crippen LogP contribution in [0.3, 0.4) is 0 Å². The molecule has 0 aromatic carbocycles. The highest BCUT2D eigenvalue weighted by atomic mass is 127. The van der Waals surface area contributed by atoms with E-state index in [1.165, 1.54) is 51.4 Å². The summed E-state index contributed by atoms with van der Waals surface area (Å²) in [5, 5.41) is 0.413. The second kappa shape index (κ2) is 11.1. The minimum Gasteiger partial charge on any atom is -0.122 e. The molecule has 1 unspecified atom stereocenters. The standard InChI is InChI=1S/C11H22ClI/c1-2-3-4-5-6-7-8-9-11(12)10-13/h11H,2-10H2,1H3. The summed E-state index contributed by atoms with van der Waals surface area (Å²) in [6.45, 7) is 2.26. The van der Waals surface area contributed by atoms with Gasteiger partial charge in [-0.05, 0) is 6.42 Å². The number of unbranched alkanes of at least 4 members (excludes halogenated alkanes) is 6. The summed E-state index contributed by atoms with van der Waals surface area (Å²) in [6.07, 6.45) is 10.9. The van der Waals surface area contributed by atoms with Crippen LogP contribution < -0.4 is 0 Å². The van der Waals surface area contributed by atoms with Gasteiger partial charge in [-0.3, -0.25) is 0 Å². The van der Waals surface area contributed by atoms with Crippen molar-refractivity contribution in [3.8, 4) is 0 Å². The SMILES string of the molecule is CCCCCCCCCC(Cl)CI. The van der Waals surface area contributed by atoms with Gasteiger partial charge in [0, 0.05) is 9.80 Å². The van der Waals surface area contributed by atoms with E-state index in [4.69, 9.17) is 11.6 Å². The van der Waals surface area contributed by atoms with Crippen molar-refractivity contribution in [1.29, 1.82) is 0 Å². The Hall–Kier alpha value is 1.02. The number of hydrogen-bond acceptors (Lipinski definition) is 0. The van der Waals surface area contributed by atoms with Crippen LogP contribution in [0.25, 0.3) is 0 Å². The summed E-state index contributed by atoms with van der Waals surface area (Å²) in [6, 6.07) is 0. The van der Waals surface area contributed by atoms with Gasteiger partial charge in [0.05, 0.1) is 0 Å². The van der Waals surface area contributed by atoms with Crippen LogP contribution in [0, 0.1) is 0 Å². The molecule has 2 heteroatoms.